The minimum Gasteiger partial charge on any atom is -0.481 e. The topological polar surface area (TPSA) is 86.7 Å². The van der Waals surface area contributed by atoms with Crippen molar-refractivity contribution in [2.24, 2.45) is 11.8 Å². The Bertz CT molecular complexity index is 547. The monoisotopic (exact) mass is 392 g/mol. The summed E-state index contributed by atoms with van der Waals surface area (Å²) in [7, 11) is 0. The van der Waals surface area contributed by atoms with Gasteiger partial charge in [0.1, 0.15) is 6.54 Å². The zero-order chi connectivity index (χ0) is 20.0. The molecule has 0 spiro atoms. The molecule has 9 heteroatoms. The number of carbonyl (C=O) groups excluding carboxylic acids is 2. The number of hydrogen-bond donors (Lipinski definition) is 2. The highest BCUT2D eigenvalue weighted by Gasteiger charge is 2.41. The maximum absolute atomic E-state index is 12.5. The number of halogens is 3. The molecular weight excluding hydrogens is 365 g/mol. The zero-order valence-electron chi connectivity index (χ0n) is 15.3. The molecule has 154 valence electrons. The Morgan fingerprint density at radius 1 is 1.22 bits per heavy atom. The van der Waals surface area contributed by atoms with Crippen LogP contribution in [0.25, 0.3) is 0 Å². The molecule has 0 aromatic rings. The average molecular weight is 392 g/mol. The standard InChI is InChI=1S/C18H27F3N2O4/c19-18(20,21)11-23-10-13(9-15(23)24)17(27)22-14(6-7-16(25)26)8-12-4-2-1-3-5-12/h12-14H,1-11H2,(H,22,27)(H,25,26). The van der Waals surface area contributed by atoms with Crippen molar-refractivity contribution in [1.29, 1.82) is 0 Å². The highest BCUT2D eigenvalue weighted by atomic mass is 19.4. The number of carbonyl (C=O) groups is 3. The molecule has 0 aromatic heterocycles. The van der Waals surface area contributed by atoms with E-state index in [1.807, 2.05) is 0 Å². The lowest BCUT2D eigenvalue weighted by Crippen LogP contribution is -2.42. The highest BCUT2D eigenvalue weighted by molar-refractivity contribution is 5.89. The van der Waals surface area contributed by atoms with Crippen LogP contribution in [0.1, 0.15) is 57.8 Å². The maximum Gasteiger partial charge on any atom is 0.406 e. The van der Waals surface area contributed by atoms with E-state index in [4.69, 9.17) is 5.11 Å². The molecule has 1 aliphatic heterocycles. The molecule has 2 aliphatic rings. The van der Waals surface area contributed by atoms with Gasteiger partial charge in [0.15, 0.2) is 0 Å². The van der Waals surface area contributed by atoms with Crippen LogP contribution in [0.3, 0.4) is 0 Å². The Balaban J connectivity index is 1.91. The normalized spacial score (nSPS) is 22.7. The molecule has 2 amide bonds. The van der Waals surface area contributed by atoms with Crippen LogP contribution in [0.5, 0.6) is 0 Å². The van der Waals surface area contributed by atoms with Crippen molar-refractivity contribution in [3.05, 3.63) is 0 Å². The largest absolute Gasteiger partial charge is 0.481 e. The van der Waals surface area contributed by atoms with Gasteiger partial charge >= 0.3 is 12.1 Å². The van der Waals surface area contributed by atoms with E-state index >= 15 is 0 Å². The third kappa shape index (κ3) is 7.38. The summed E-state index contributed by atoms with van der Waals surface area (Å²) in [6.45, 7) is -1.60. The second-order valence-electron chi connectivity index (χ2n) is 7.67. The van der Waals surface area contributed by atoms with Gasteiger partial charge in [0, 0.05) is 25.4 Å². The Morgan fingerprint density at radius 3 is 2.48 bits per heavy atom. The molecule has 2 fully saturated rings. The van der Waals surface area contributed by atoms with Gasteiger partial charge in [0.05, 0.1) is 5.92 Å². The highest BCUT2D eigenvalue weighted by Crippen LogP contribution is 2.29. The number of carboxylic acids is 1. The summed E-state index contributed by atoms with van der Waals surface area (Å²) in [4.78, 5) is 35.8. The minimum absolute atomic E-state index is 0.0819. The Morgan fingerprint density at radius 2 is 1.89 bits per heavy atom. The molecule has 1 saturated carbocycles. The van der Waals surface area contributed by atoms with Crippen LogP contribution in [-0.2, 0) is 14.4 Å². The number of alkyl halides is 3. The first-order valence-electron chi connectivity index (χ1n) is 9.50. The first-order valence-corrected chi connectivity index (χ1v) is 9.50. The fourth-order valence-corrected chi connectivity index (χ4v) is 4.01. The molecule has 2 rings (SSSR count). The van der Waals surface area contributed by atoms with Crippen molar-refractivity contribution < 1.29 is 32.7 Å². The van der Waals surface area contributed by atoms with Crippen LogP contribution in [0.4, 0.5) is 13.2 Å². The number of carboxylic acid groups (broad SMARTS) is 1. The number of amides is 2. The molecule has 0 bridgehead atoms. The van der Waals surface area contributed by atoms with Gasteiger partial charge in [-0.05, 0) is 18.8 Å². The summed E-state index contributed by atoms with van der Waals surface area (Å²) in [5.41, 5.74) is 0. The van der Waals surface area contributed by atoms with Crippen molar-refractivity contribution in [2.45, 2.75) is 70.0 Å². The number of nitrogens with one attached hydrogen (secondary N) is 1. The van der Waals surface area contributed by atoms with Gasteiger partial charge in [0.25, 0.3) is 0 Å². The van der Waals surface area contributed by atoms with Crippen molar-refractivity contribution >= 4 is 17.8 Å². The first kappa shape index (κ1) is 21.5. The molecule has 0 aromatic carbocycles. The summed E-state index contributed by atoms with van der Waals surface area (Å²) >= 11 is 0. The van der Waals surface area contributed by atoms with Gasteiger partial charge in [-0.3, -0.25) is 14.4 Å². The van der Waals surface area contributed by atoms with Gasteiger partial charge < -0.3 is 15.3 Å². The lowest BCUT2D eigenvalue weighted by Gasteiger charge is -2.28. The predicted molar refractivity (Wildman–Crippen MR) is 90.7 cm³/mol. The lowest BCUT2D eigenvalue weighted by atomic mass is 9.84. The van der Waals surface area contributed by atoms with E-state index < -0.39 is 36.4 Å². The summed E-state index contributed by atoms with van der Waals surface area (Å²) < 4.78 is 37.5. The molecule has 2 atom stereocenters. The van der Waals surface area contributed by atoms with Gasteiger partial charge in [-0.2, -0.15) is 13.2 Å². The molecule has 1 aliphatic carbocycles. The summed E-state index contributed by atoms with van der Waals surface area (Å²) in [5, 5.41) is 11.7. The van der Waals surface area contributed by atoms with Gasteiger partial charge in [-0.15, -0.1) is 0 Å². The number of likely N-dealkylation sites (tertiary alicyclic amines) is 1. The lowest BCUT2D eigenvalue weighted by molar-refractivity contribution is -0.157. The van der Waals surface area contributed by atoms with Crippen molar-refractivity contribution in [1.82, 2.24) is 10.2 Å². The number of rotatable bonds is 8. The van der Waals surface area contributed by atoms with E-state index in [0.29, 0.717) is 17.2 Å². The third-order valence-electron chi connectivity index (χ3n) is 5.35. The van der Waals surface area contributed by atoms with E-state index in [9.17, 15) is 27.6 Å². The van der Waals surface area contributed by atoms with Gasteiger partial charge in [-0.1, -0.05) is 32.1 Å². The van der Waals surface area contributed by atoms with E-state index in [-0.39, 0.29) is 31.8 Å². The molecule has 27 heavy (non-hydrogen) atoms. The first-order chi connectivity index (χ1) is 12.6. The van der Waals surface area contributed by atoms with Crippen LogP contribution in [-0.4, -0.2) is 53.1 Å². The quantitative estimate of drug-likeness (QED) is 0.665. The summed E-state index contributed by atoms with van der Waals surface area (Å²) in [5.74, 6) is -2.49. The summed E-state index contributed by atoms with van der Waals surface area (Å²) in [6.07, 6.45) is 1.64. The fourth-order valence-electron chi connectivity index (χ4n) is 4.01. The van der Waals surface area contributed by atoms with E-state index in [0.717, 1.165) is 25.7 Å². The SMILES string of the molecule is O=C(O)CCC(CC1CCCCC1)NC(=O)C1CC(=O)N(CC(F)(F)F)C1. The smallest absolute Gasteiger partial charge is 0.406 e. The Kier molecular flexibility index (Phi) is 7.49. The van der Waals surface area contributed by atoms with Gasteiger partial charge in [0.2, 0.25) is 11.8 Å². The fraction of sp³-hybridized carbons (Fsp3) is 0.833. The summed E-state index contributed by atoms with van der Waals surface area (Å²) in [6, 6.07) is -0.330. The maximum atomic E-state index is 12.5. The van der Waals surface area contributed by atoms with Crippen LogP contribution in [0, 0.1) is 11.8 Å². The second kappa shape index (κ2) is 9.41. The molecule has 0 radical (unpaired) electrons. The van der Waals surface area contributed by atoms with Crippen molar-refractivity contribution in [3.8, 4) is 0 Å². The number of hydrogen-bond acceptors (Lipinski definition) is 3. The predicted octanol–water partition coefficient (Wildman–Crippen LogP) is 2.72. The zero-order valence-corrected chi connectivity index (χ0v) is 15.3. The molecule has 1 heterocycles. The van der Waals surface area contributed by atoms with Crippen molar-refractivity contribution in [3.63, 3.8) is 0 Å². The molecule has 1 saturated heterocycles. The number of nitrogens with zero attached hydrogens (tertiary/aromatic N) is 1. The Labute approximate surface area is 156 Å². The third-order valence-corrected chi connectivity index (χ3v) is 5.35. The van der Waals surface area contributed by atoms with Crippen LogP contribution < -0.4 is 5.32 Å². The molecule has 2 unspecified atom stereocenters. The minimum atomic E-state index is -4.49. The second-order valence-corrected chi connectivity index (χ2v) is 7.67. The molecular formula is C18H27F3N2O4. The number of aliphatic carboxylic acids is 1. The van der Waals surface area contributed by atoms with Crippen LogP contribution in [0.15, 0.2) is 0 Å². The van der Waals surface area contributed by atoms with E-state index in [1.54, 1.807) is 0 Å². The average Bonchev–Trinajstić information content (AvgIpc) is 2.92. The van der Waals surface area contributed by atoms with Crippen molar-refractivity contribution in [2.75, 3.05) is 13.1 Å². The molecule has 2 N–H and O–H groups in total. The van der Waals surface area contributed by atoms with Crippen LogP contribution >= 0.6 is 0 Å². The van der Waals surface area contributed by atoms with Crippen LogP contribution in [0.2, 0.25) is 0 Å². The molecule has 6 nitrogen and oxygen atoms in total. The Hall–Kier alpha value is -1.80. The van der Waals surface area contributed by atoms with Gasteiger partial charge in [-0.25, -0.2) is 0 Å². The van der Waals surface area contributed by atoms with E-state index in [1.165, 1.54) is 6.42 Å². The van der Waals surface area contributed by atoms with E-state index in [2.05, 4.69) is 5.32 Å².